The first kappa shape index (κ1) is 13.7. The van der Waals surface area contributed by atoms with Gasteiger partial charge in [-0.3, -0.25) is 0 Å². The number of aromatic nitrogens is 2. The second-order valence-electron chi connectivity index (χ2n) is 5.99. The number of para-hydroxylation sites is 1. The van der Waals surface area contributed by atoms with Gasteiger partial charge in [0.05, 0.1) is 12.1 Å². The molecule has 1 aromatic heterocycles. The number of hydrogen-bond acceptors (Lipinski definition) is 3. The molecule has 19 heavy (non-hydrogen) atoms. The minimum absolute atomic E-state index is 0.278. The number of aryl methyl sites for hydroxylation is 1. The van der Waals surface area contributed by atoms with Crippen molar-refractivity contribution in [1.29, 1.82) is 0 Å². The first-order valence-electron chi connectivity index (χ1n) is 6.80. The summed E-state index contributed by atoms with van der Waals surface area (Å²) in [7, 11) is 0. The van der Waals surface area contributed by atoms with Gasteiger partial charge in [-0.25, -0.2) is 4.98 Å². The molecular formula is C15H23N3O. The van der Waals surface area contributed by atoms with Crippen molar-refractivity contribution in [2.75, 3.05) is 12.3 Å². The van der Waals surface area contributed by atoms with Crippen molar-refractivity contribution >= 4 is 17.0 Å². The van der Waals surface area contributed by atoms with E-state index in [0.717, 1.165) is 29.7 Å². The Labute approximate surface area is 114 Å². The molecule has 0 unspecified atom stereocenters. The zero-order valence-electron chi connectivity index (χ0n) is 12.2. The minimum Gasteiger partial charge on any atom is -0.492 e. The van der Waals surface area contributed by atoms with E-state index in [9.17, 15) is 0 Å². The van der Waals surface area contributed by atoms with Gasteiger partial charge >= 0.3 is 0 Å². The standard InChI is InChI=1S/C15H23N3O/c1-5-19-12-8-6-7-11-13(12)17-14(16)18(11)10-9-15(2,3)4/h6-8H,5,9-10H2,1-4H3,(H2,16,17). The van der Waals surface area contributed by atoms with Crippen molar-refractivity contribution in [2.45, 2.75) is 40.7 Å². The lowest BCUT2D eigenvalue weighted by molar-refractivity contribution is 0.343. The van der Waals surface area contributed by atoms with Crippen LogP contribution in [0, 0.1) is 5.41 Å². The van der Waals surface area contributed by atoms with Gasteiger partial charge in [0, 0.05) is 6.54 Å². The van der Waals surface area contributed by atoms with Crippen LogP contribution >= 0.6 is 0 Å². The summed E-state index contributed by atoms with van der Waals surface area (Å²) < 4.78 is 7.67. The van der Waals surface area contributed by atoms with Crippen LogP contribution in [0.15, 0.2) is 18.2 Å². The van der Waals surface area contributed by atoms with E-state index in [1.165, 1.54) is 0 Å². The van der Waals surface area contributed by atoms with Gasteiger partial charge in [0.1, 0.15) is 11.3 Å². The highest BCUT2D eigenvalue weighted by Crippen LogP contribution is 2.29. The molecule has 0 bridgehead atoms. The SMILES string of the molecule is CCOc1cccc2c1nc(N)n2CCC(C)(C)C. The van der Waals surface area contributed by atoms with Crippen LogP contribution in [0.3, 0.4) is 0 Å². The van der Waals surface area contributed by atoms with Crippen LogP contribution in [0.1, 0.15) is 34.1 Å². The summed E-state index contributed by atoms with van der Waals surface area (Å²) >= 11 is 0. The van der Waals surface area contributed by atoms with Crippen molar-refractivity contribution in [3.63, 3.8) is 0 Å². The molecule has 2 N–H and O–H groups in total. The van der Waals surface area contributed by atoms with E-state index in [1.54, 1.807) is 0 Å². The third-order valence-corrected chi connectivity index (χ3v) is 3.16. The van der Waals surface area contributed by atoms with Crippen molar-refractivity contribution in [2.24, 2.45) is 5.41 Å². The Bertz CT molecular complexity index is 567. The minimum atomic E-state index is 0.278. The fourth-order valence-corrected chi connectivity index (χ4v) is 2.09. The quantitative estimate of drug-likeness (QED) is 0.917. The highest BCUT2D eigenvalue weighted by atomic mass is 16.5. The van der Waals surface area contributed by atoms with Crippen molar-refractivity contribution < 1.29 is 4.74 Å². The van der Waals surface area contributed by atoms with Gasteiger partial charge < -0.3 is 15.0 Å². The first-order chi connectivity index (χ1) is 8.92. The number of ether oxygens (including phenoxy) is 1. The highest BCUT2D eigenvalue weighted by molar-refractivity contribution is 5.84. The zero-order valence-corrected chi connectivity index (χ0v) is 12.2. The Balaban J connectivity index is 2.39. The molecule has 0 atom stereocenters. The smallest absolute Gasteiger partial charge is 0.201 e. The number of hydrogen-bond donors (Lipinski definition) is 1. The number of anilines is 1. The normalized spacial score (nSPS) is 12.0. The maximum Gasteiger partial charge on any atom is 0.201 e. The number of rotatable bonds is 4. The van der Waals surface area contributed by atoms with Crippen molar-refractivity contribution in [3.05, 3.63) is 18.2 Å². The molecule has 0 radical (unpaired) electrons. The Hall–Kier alpha value is -1.71. The van der Waals surface area contributed by atoms with Gasteiger partial charge in [0.2, 0.25) is 5.95 Å². The molecule has 0 spiro atoms. The van der Waals surface area contributed by atoms with Gasteiger partial charge in [-0.15, -0.1) is 0 Å². The molecule has 4 heteroatoms. The second-order valence-corrected chi connectivity index (χ2v) is 5.99. The van der Waals surface area contributed by atoms with Gasteiger partial charge in [0.15, 0.2) is 0 Å². The molecule has 0 aliphatic rings. The molecule has 4 nitrogen and oxygen atoms in total. The lowest BCUT2D eigenvalue weighted by atomic mass is 9.92. The molecule has 1 heterocycles. The van der Waals surface area contributed by atoms with E-state index >= 15 is 0 Å². The van der Waals surface area contributed by atoms with Gasteiger partial charge in [-0.05, 0) is 30.9 Å². The number of nitrogens with two attached hydrogens (primary N) is 1. The Morgan fingerprint density at radius 2 is 2.05 bits per heavy atom. The highest BCUT2D eigenvalue weighted by Gasteiger charge is 2.15. The number of benzene rings is 1. The molecule has 0 aliphatic carbocycles. The number of nitrogen functional groups attached to an aromatic ring is 1. The fraction of sp³-hybridized carbons (Fsp3) is 0.533. The number of nitrogens with zero attached hydrogens (tertiary/aromatic N) is 2. The number of fused-ring (bicyclic) bond motifs is 1. The number of imidazole rings is 1. The van der Waals surface area contributed by atoms with Crippen molar-refractivity contribution in [1.82, 2.24) is 9.55 Å². The third kappa shape index (κ3) is 3.00. The average molecular weight is 261 g/mol. The molecule has 0 saturated carbocycles. The summed E-state index contributed by atoms with van der Waals surface area (Å²) in [6.07, 6.45) is 1.06. The average Bonchev–Trinajstić information content (AvgIpc) is 2.63. The van der Waals surface area contributed by atoms with Crippen molar-refractivity contribution in [3.8, 4) is 5.75 Å². The van der Waals surface area contributed by atoms with Gasteiger partial charge in [0.25, 0.3) is 0 Å². The van der Waals surface area contributed by atoms with Crippen LogP contribution in [-0.4, -0.2) is 16.2 Å². The molecular weight excluding hydrogens is 238 g/mol. The van der Waals surface area contributed by atoms with Crippen LogP contribution in [0.4, 0.5) is 5.95 Å². The van der Waals surface area contributed by atoms with Crippen LogP contribution in [0.2, 0.25) is 0 Å². The van der Waals surface area contributed by atoms with E-state index < -0.39 is 0 Å². The molecule has 0 aliphatic heterocycles. The lowest BCUT2D eigenvalue weighted by Gasteiger charge is -2.18. The summed E-state index contributed by atoms with van der Waals surface area (Å²) in [4.78, 5) is 4.45. The summed E-state index contributed by atoms with van der Waals surface area (Å²) in [5.74, 6) is 1.37. The zero-order chi connectivity index (χ0) is 14.0. The Kier molecular flexibility index (Phi) is 3.69. The van der Waals surface area contributed by atoms with Crippen LogP contribution in [-0.2, 0) is 6.54 Å². The summed E-state index contributed by atoms with van der Waals surface area (Å²) in [6, 6.07) is 5.97. The molecule has 0 saturated heterocycles. The maximum atomic E-state index is 6.04. The predicted molar refractivity (Wildman–Crippen MR) is 79.4 cm³/mol. The Morgan fingerprint density at radius 3 is 2.68 bits per heavy atom. The van der Waals surface area contributed by atoms with E-state index in [2.05, 4.69) is 30.3 Å². The summed E-state index contributed by atoms with van der Waals surface area (Å²) in [5.41, 5.74) is 8.23. The fourth-order valence-electron chi connectivity index (χ4n) is 2.09. The predicted octanol–water partition coefficient (Wildman–Crippen LogP) is 3.45. The van der Waals surface area contributed by atoms with E-state index in [1.807, 2.05) is 25.1 Å². The van der Waals surface area contributed by atoms with E-state index in [-0.39, 0.29) is 5.41 Å². The van der Waals surface area contributed by atoms with Gasteiger partial charge in [-0.2, -0.15) is 0 Å². The monoisotopic (exact) mass is 261 g/mol. The van der Waals surface area contributed by atoms with E-state index in [0.29, 0.717) is 12.6 Å². The molecule has 2 aromatic rings. The largest absolute Gasteiger partial charge is 0.492 e. The Morgan fingerprint density at radius 1 is 1.32 bits per heavy atom. The van der Waals surface area contributed by atoms with E-state index in [4.69, 9.17) is 10.5 Å². The lowest BCUT2D eigenvalue weighted by Crippen LogP contribution is -2.12. The van der Waals surface area contributed by atoms with Gasteiger partial charge in [-0.1, -0.05) is 26.8 Å². The maximum absolute atomic E-state index is 6.04. The summed E-state index contributed by atoms with van der Waals surface area (Å²) in [6.45, 7) is 10.2. The molecule has 104 valence electrons. The molecule has 0 fully saturated rings. The van der Waals surface area contributed by atoms with Crippen LogP contribution in [0.25, 0.3) is 11.0 Å². The first-order valence-corrected chi connectivity index (χ1v) is 6.80. The molecule has 1 aromatic carbocycles. The molecule has 0 amide bonds. The second kappa shape index (κ2) is 5.11. The topological polar surface area (TPSA) is 53.1 Å². The van der Waals surface area contributed by atoms with Crippen LogP contribution < -0.4 is 10.5 Å². The molecule has 2 rings (SSSR count). The third-order valence-electron chi connectivity index (χ3n) is 3.16. The van der Waals surface area contributed by atoms with Crippen LogP contribution in [0.5, 0.6) is 5.75 Å². The summed E-state index contributed by atoms with van der Waals surface area (Å²) in [5, 5.41) is 0.